The Morgan fingerprint density at radius 2 is 0.706 bits per heavy atom. The van der Waals surface area contributed by atoms with Gasteiger partial charge in [-0.1, -0.05) is 140 Å². The molecule has 68 heavy (non-hydrogen) atoms. The highest BCUT2D eigenvalue weighted by Gasteiger charge is 2.40. The van der Waals surface area contributed by atoms with Gasteiger partial charge < -0.3 is 9.13 Å². The molecule has 4 nitrogen and oxygen atoms in total. The van der Waals surface area contributed by atoms with Crippen LogP contribution >= 0.6 is 0 Å². The molecule has 0 aliphatic rings. The van der Waals surface area contributed by atoms with Gasteiger partial charge in [-0.25, -0.2) is 18.7 Å². The Morgan fingerprint density at radius 3 is 1.15 bits per heavy atom. The van der Waals surface area contributed by atoms with Crippen molar-refractivity contribution in [3.63, 3.8) is 0 Å². The van der Waals surface area contributed by atoms with Gasteiger partial charge in [-0.2, -0.15) is 13.2 Å². The second-order valence-corrected chi connectivity index (χ2v) is 16.7. The van der Waals surface area contributed by atoms with Crippen molar-refractivity contribution >= 4 is 43.6 Å². The first-order valence-electron chi connectivity index (χ1n) is 22.0. The fourth-order valence-electron chi connectivity index (χ4n) is 9.68. The average molecular weight is 895 g/mol. The minimum atomic E-state index is -5.00. The number of pyridine rings is 2. The second kappa shape index (κ2) is 16.0. The van der Waals surface area contributed by atoms with Gasteiger partial charge in [-0.15, -0.1) is 0 Å². The lowest BCUT2D eigenvalue weighted by atomic mass is 9.98. The van der Waals surface area contributed by atoms with Gasteiger partial charge in [0.1, 0.15) is 17.2 Å². The van der Waals surface area contributed by atoms with Crippen LogP contribution in [-0.4, -0.2) is 19.1 Å². The summed E-state index contributed by atoms with van der Waals surface area (Å²) in [7, 11) is 0. The maximum atomic E-state index is 16.7. The van der Waals surface area contributed by atoms with E-state index < -0.39 is 28.9 Å². The lowest BCUT2D eigenvalue weighted by molar-refractivity contribution is -0.137. The van der Waals surface area contributed by atoms with E-state index in [-0.39, 0.29) is 16.9 Å². The van der Waals surface area contributed by atoms with Gasteiger partial charge in [0.2, 0.25) is 0 Å². The van der Waals surface area contributed by atoms with Crippen LogP contribution in [-0.2, 0) is 6.18 Å². The Kier molecular flexibility index (Phi) is 9.62. The van der Waals surface area contributed by atoms with Crippen LogP contribution in [0.4, 0.5) is 22.0 Å². The van der Waals surface area contributed by atoms with Gasteiger partial charge in [0.05, 0.1) is 61.8 Å². The Hall–Kier alpha value is -8.69. The third-order valence-corrected chi connectivity index (χ3v) is 12.7. The van der Waals surface area contributed by atoms with Crippen molar-refractivity contribution in [3.8, 4) is 67.5 Å². The van der Waals surface area contributed by atoms with E-state index in [0.717, 1.165) is 34.6 Å². The highest BCUT2D eigenvalue weighted by atomic mass is 19.4. The van der Waals surface area contributed by atoms with Gasteiger partial charge >= 0.3 is 6.18 Å². The van der Waals surface area contributed by atoms with Crippen molar-refractivity contribution in [2.75, 3.05) is 0 Å². The van der Waals surface area contributed by atoms with Crippen LogP contribution in [0.25, 0.3) is 111 Å². The first kappa shape index (κ1) is 40.8. The zero-order valence-corrected chi connectivity index (χ0v) is 35.9. The van der Waals surface area contributed by atoms with E-state index in [4.69, 9.17) is 9.97 Å². The lowest BCUT2D eigenvalue weighted by Gasteiger charge is -2.23. The van der Waals surface area contributed by atoms with E-state index in [1.807, 2.05) is 158 Å². The number of para-hydroxylation sites is 2. The molecule has 0 unspecified atom stereocenters. The van der Waals surface area contributed by atoms with Gasteiger partial charge in [-0.3, -0.25) is 0 Å². The quantitative estimate of drug-likeness (QED) is 0.149. The molecule has 0 aliphatic heterocycles. The van der Waals surface area contributed by atoms with Crippen LogP contribution in [0.5, 0.6) is 0 Å². The van der Waals surface area contributed by atoms with E-state index >= 15 is 22.0 Å². The van der Waals surface area contributed by atoms with Crippen LogP contribution in [0, 0.1) is 11.6 Å². The zero-order chi connectivity index (χ0) is 46.1. The fourth-order valence-corrected chi connectivity index (χ4v) is 9.68. The third kappa shape index (κ3) is 6.81. The molecule has 0 fully saturated rings. The molecule has 0 saturated heterocycles. The molecule has 4 aromatic heterocycles. The molecule has 326 valence electrons. The molecular weight excluding hydrogens is 860 g/mol. The summed E-state index contributed by atoms with van der Waals surface area (Å²) in [4.78, 5) is 9.96. The van der Waals surface area contributed by atoms with E-state index in [2.05, 4.69) is 0 Å². The second-order valence-electron chi connectivity index (χ2n) is 16.7. The summed E-state index contributed by atoms with van der Waals surface area (Å²) < 4.78 is 85.5. The first-order valence-corrected chi connectivity index (χ1v) is 22.0. The van der Waals surface area contributed by atoms with Crippen molar-refractivity contribution in [2.45, 2.75) is 6.18 Å². The normalized spacial score (nSPS) is 11.9. The number of alkyl halides is 3. The van der Waals surface area contributed by atoms with Crippen LogP contribution in [0.1, 0.15) is 5.56 Å². The minimum absolute atomic E-state index is 0.0720. The average Bonchev–Trinajstić information content (AvgIpc) is 3.88. The predicted molar refractivity (Wildman–Crippen MR) is 263 cm³/mol. The highest BCUT2D eigenvalue weighted by molar-refractivity contribution is 6.12. The van der Waals surface area contributed by atoms with Gasteiger partial charge in [0, 0.05) is 43.8 Å². The maximum Gasteiger partial charge on any atom is 0.420 e. The van der Waals surface area contributed by atoms with E-state index in [9.17, 15) is 0 Å². The Balaban J connectivity index is 1.17. The number of hydrogen-bond acceptors (Lipinski definition) is 2. The summed E-state index contributed by atoms with van der Waals surface area (Å²) in [6.45, 7) is 0. The van der Waals surface area contributed by atoms with Gasteiger partial charge in [-0.05, 0) is 78.4 Å². The van der Waals surface area contributed by atoms with Crippen molar-refractivity contribution in [1.82, 2.24) is 19.1 Å². The van der Waals surface area contributed by atoms with Crippen molar-refractivity contribution in [3.05, 3.63) is 230 Å². The summed E-state index contributed by atoms with van der Waals surface area (Å²) in [5.41, 5.74) is 5.61. The number of halogens is 5. The molecule has 0 aliphatic carbocycles. The van der Waals surface area contributed by atoms with E-state index in [0.29, 0.717) is 66.1 Å². The van der Waals surface area contributed by atoms with E-state index in [1.165, 1.54) is 18.2 Å². The summed E-state index contributed by atoms with van der Waals surface area (Å²) in [5, 5.41) is 2.77. The van der Waals surface area contributed by atoms with Crippen LogP contribution in [0.2, 0.25) is 0 Å². The van der Waals surface area contributed by atoms with Crippen molar-refractivity contribution in [2.24, 2.45) is 0 Å². The largest absolute Gasteiger partial charge is 0.420 e. The maximum absolute atomic E-state index is 16.7. The third-order valence-electron chi connectivity index (χ3n) is 12.7. The van der Waals surface area contributed by atoms with Crippen LogP contribution < -0.4 is 0 Å². The number of hydrogen-bond donors (Lipinski definition) is 0. The molecule has 0 spiro atoms. The van der Waals surface area contributed by atoms with Crippen LogP contribution in [0.15, 0.2) is 212 Å². The molecule has 0 bridgehead atoms. The van der Waals surface area contributed by atoms with Gasteiger partial charge in [0.15, 0.2) is 0 Å². The summed E-state index contributed by atoms with van der Waals surface area (Å²) in [6, 6.07) is 62.6. The smallest absolute Gasteiger partial charge is 0.309 e. The number of benzene rings is 8. The number of fused-ring (bicyclic) bond motifs is 6. The number of nitrogens with zero attached hydrogens (tertiary/aromatic N) is 4. The Morgan fingerprint density at radius 1 is 0.324 bits per heavy atom. The molecule has 9 heteroatoms. The number of rotatable bonds is 7. The molecular formula is C59H35F5N4. The van der Waals surface area contributed by atoms with Crippen molar-refractivity contribution in [1.29, 1.82) is 0 Å². The molecule has 0 N–H and O–H groups in total. The van der Waals surface area contributed by atoms with Crippen molar-refractivity contribution < 1.29 is 22.0 Å². The Bertz CT molecular complexity index is 3690. The predicted octanol–water partition coefficient (Wildman–Crippen LogP) is 16.3. The lowest BCUT2D eigenvalue weighted by Crippen LogP contribution is -2.16. The zero-order valence-electron chi connectivity index (χ0n) is 35.9. The summed E-state index contributed by atoms with van der Waals surface area (Å²) in [5.74, 6) is -1.83. The molecule has 0 atom stereocenters. The molecule has 0 radical (unpaired) electrons. The molecule has 12 aromatic rings. The Labute approximate surface area is 386 Å². The fraction of sp³-hybridized carbons (Fsp3) is 0.0169. The first-order chi connectivity index (χ1) is 33.2. The van der Waals surface area contributed by atoms with Gasteiger partial charge in [0.25, 0.3) is 0 Å². The molecule has 8 aromatic carbocycles. The van der Waals surface area contributed by atoms with Crippen LogP contribution in [0.3, 0.4) is 0 Å². The standard InChI is InChI=1S/C59H35F5N4/c60-45-20-11-21-46(61)57(45)40-34-55(67-51-26-9-7-18-41(51)43-30-28-38(32-53(43)67)49-24-12-22-47(65-49)36-14-3-1-4-15-36)58(59(62,63)64)56(35-40)68-52-27-10-8-19-42(52)44-31-29-39(33-54(44)68)50-25-13-23-48(66-50)37-16-5-2-6-17-37/h1-35H. The summed E-state index contributed by atoms with van der Waals surface area (Å²) in [6.07, 6.45) is -5.00. The molecule has 0 saturated carbocycles. The molecule has 0 amide bonds. The topological polar surface area (TPSA) is 35.6 Å². The molecule has 12 rings (SSSR count). The number of aromatic nitrogens is 4. The van der Waals surface area contributed by atoms with E-state index in [1.54, 1.807) is 33.4 Å². The summed E-state index contributed by atoms with van der Waals surface area (Å²) >= 11 is 0. The monoisotopic (exact) mass is 894 g/mol. The minimum Gasteiger partial charge on any atom is -0.309 e. The molecule has 4 heterocycles. The SMILES string of the molecule is Fc1cccc(F)c1-c1cc(-n2c3ccccc3c3ccc(-c4cccc(-c5ccccc5)n4)cc32)c(C(F)(F)F)c(-n2c3ccccc3c3ccc(-c4cccc(-c5ccccc5)n4)cc32)c1. The highest BCUT2D eigenvalue weighted by Crippen LogP contribution is 2.47.